The van der Waals surface area contributed by atoms with E-state index >= 15 is 0 Å². The molecule has 0 aliphatic carbocycles. The van der Waals surface area contributed by atoms with Gasteiger partial charge in [0.1, 0.15) is 19.3 Å². The van der Waals surface area contributed by atoms with Gasteiger partial charge in [-0.25, -0.2) is 9.13 Å². The summed E-state index contributed by atoms with van der Waals surface area (Å²) in [5, 5.41) is 10.6. The minimum atomic E-state index is -4.96. The number of ether oxygens (including phenoxy) is 4. The van der Waals surface area contributed by atoms with Crippen molar-refractivity contribution < 1.29 is 80.2 Å². The summed E-state index contributed by atoms with van der Waals surface area (Å²) in [4.78, 5) is 72.8. The molecule has 0 spiro atoms. The van der Waals surface area contributed by atoms with E-state index < -0.39 is 97.5 Å². The SMILES string of the molecule is CC(C)CCCCCCCCCCCCCCCCC(=O)O[C@H](COC(=O)CCCCCCCCCCCCCCC(C)C)COP(=O)(O)OC[C@@H](O)COP(=O)(O)OC[C@@H](COC(=O)CCCCCCCCC(C)C)OC(=O)CCCCCCCCCCCCCCC(C)C. The van der Waals surface area contributed by atoms with Gasteiger partial charge in [-0.05, 0) is 49.4 Å². The third kappa shape index (κ3) is 70.5. The molecule has 0 heterocycles. The van der Waals surface area contributed by atoms with E-state index in [-0.39, 0.29) is 25.7 Å². The number of aliphatic hydroxyl groups is 1. The molecule has 0 aromatic rings. The highest BCUT2D eigenvalue weighted by Gasteiger charge is 2.30. The van der Waals surface area contributed by atoms with Crippen LogP contribution < -0.4 is 0 Å². The summed E-state index contributed by atoms with van der Waals surface area (Å²) in [5.41, 5.74) is 0. The summed E-state index contributed by atoms with van der Waals surface area (Å²) in [6, 6.07) is 0. The Kier molecular flexibility index (Phi) is 65.0. The second-order valence-corrected chi connectivity index (χ2v) is 32.6. The Balaban J connectivity index is 5.24. The lowest BCUT2D eigenvalue weighted by atomic mass is 10.0. The zero-order chi connectivity index (χ0) is 71.0. The third-order valence-corrected chi connectivity index (χ3v) is 19.7. The van der Waals surface area contributed by atoms with E-state index in [2.05, 4.69) is 55.4 Å². The number of unbranched alkanes of at least 4 members (excludes halogenated alkanes) is 40. The predicted octanol–water partition coefficient (Wildman–Crippen LogP) is 22.4. The Morgan fingerprint density at radius 1 is 0.260 bits per heavy atom. The molecule has 0 aromatic heterocycles. The van der Waals surface area contributed by atoms with E-state index in [1.165, 1.54) is 186 Å². The van der Waals surface area contributed by atoms with Crippen molar-refractivity contribution in [1.29, 1.82) is 0 Å². The topological polar surface area (TPSA) is 237 Å². The molecule has 5 atom stereocenters. The molecule has 19 heteroatoms. The zero-order valence-corrected chi connectivity index (χ0v) is 64.8. The fourth-order valence-electron chi connectivity index (χ4n) is 11.7. The van der Waals surface area contributed by atoms with E-state index in [1.807, 2.05) is 0 Å². The fraction of sp³-hybridized carbons (Fsp3) is 0.948. The van der Waals surface area contributed by atoms with Crippen LogP contribution in [0.2, 0.25) is 0 Å². The summed E-state index contributed by atoms with van der Waals surface area (Å²) in [6.45, 7) is 14.2. The molecular formula is C77H150O17P2. The maximum atomic E-state index is 13.1. The van der Waals surface area contributed by atoms with E-state index in [0.717, 1.165) is 114 Å². The fourth-order valence-corrected chi connectivity index (χ4v) is 13.3. The van der Waals surface area contributed by atoms with Crippen LogP contribution >= 0.6 is 15.6 Å². The van der Waals surface area contributed by atoms with Crippen molar-refractivity contribution in [2.24, 2.45) is 23.7 Å². The van der Waals surface area contributed by atoms with Crippen LogP contribution in [0.1, 0.15) is 389 Å². The van der Waals surface area contributed by atoms with Gasteiger partial charge in [0.25, 0.3) is 0 Å². The van der Waals surface area contributed by atoms with E-state index in [4.69, 9.17) is 37.0 Å². The first-order valence-corrected chi connectivity index (χ1v) is 42.7. The van der Waals surface area contributed by atoms with Crippen molar-refractivity contribution in [1.82, 2.24) is 0 Å². The Hall–Kier alpha value is -1.94. The standard InChI is InChI=1S/C77H150O17P2/c1-67(2)53-45-37-29-23-17-11-9-10-12-21-27-33-43-51-59-76(81)93-72(63-87-74(79)57-49-41-32-26-20-15-13-18-24-30-38-46-54-68(3)4)65-91-95(83,84)89-61-71(78)62-90-96(85,86)92-66-73(64-88-75(80)58-50-42-36-35-40-48-56-70(7)8)94-77(82)60-52-44-34-28-22-16-14-19-25-31-39-47-55-69(5)6/h67-73,78H,9-66H2,1-8H3,(H,83,84)(H,85,86)/t71-,72-,73-/m1/s1. The molecule has 96 heavy (non-hydrogen) atoms. The van der Waals surface area contributed by atoms with Gasteiger partial charge in [0, 0.05) is 25.7 Å². The Morgan fingerprint density at radius 2 is 0.438 bits per heavy atom. The van der Waals surface area contributed by atoms with Crippen molar-refractivity contribution in [3.05, 3.63) is 0 Å². The smallest absolute Gasteiger partial charge is 0.462 e. The molecule has 0 aliphatic rings. The number of phosphoric acid groups is 2. The van der Waals surface area contributed by atoms with Crippen molar-refractivity contribution in [3.63, 3.8) is 0 Å². The minimum Gasteiger partial charge on any atom is -0.462 e. The second-order valence-electron chi connectivity index (χ2n) is 29.7. The summed E-state index contributed by atoms with van der Waals surface area (Å²) >= 11 is 0. The number of aliphatic hydroxyl groups excluding tert-OH is 1. The van der Waals surface area contributed by atoms with E-state index in [1.54, 1.807) is 0 Å². The van der Waals surface area contributed by atoms with Crippen LogP contribution in [-0.4, -0.2) is 96.7 Å². The first kappa shape index (κ1) is 94.1. The summed E-state index contributed by atoms with van der Waals surface area (Å²) in [6.07, 6.45) is 51.4. The van der Waals surface area contributed by atoms with Gasteiger partial charge in [-0.1, -0.05) is 338 Å². The molecule has 570 valence electrons. The molecule has 2 unspecified atom stereocenters. The molecule has 0 saturated heterocycles. The Bertz CT molecular complexity index is 1880. The van der Waals surface area contributed by atoms with Crippen LogP contribution in [0.25, 0.3) is 0 Å². The lowest BCUT2D eigenvalue weighted by Crippen LogP contribution is -2.30. The van der Waals surface area contributed by atoms with Crippen LogP contribution in [0.4, 0.5) is 0 Å². The van der Waals surface area contributed by atoms with Crippen LogP contribution in [0.3, 0.4) is 0 Å². The Morgan fingerprint density at radius 3 is 0.646 bits per heavy atom. The van der Waals surface area contributed by atoms with Crippen LogP contribution in [-0.2, 0) is 65.4 Å². The molecule has 0 aliphatic heterocycles. The number of carbonyl (C=O) groups is 4. The van der Waals surface area contributed by atoms with Gasteiger partial charge in [-0.2, -0.15) is 0 Å². The number of phosphoric ester groups is 2. The molecule has 0 radical (unpaired) electrons. The summed E-state index contributed by atoms with van der Waals surface area (Å²) < 4.78 is 68.6. The zero-order valence-electron chi connectivity index (χ0n) is 63.0. The lowest BCUT2D eigenvalue weighted by molar-refractivity contribution is -0.161. The monoisotopic (exact) mass is 1410 g/mol. The molecule has 0 amide bonds. The van der Waals surface area contributed by atoms with Gasteiger partial charge in [0.15, 0.2) is 12.2 Å². The molecule has 0 saturated carbocycles. The van der Waals surface area contributed by atoms with Crippen molar-refractivity contribution in [2.45, 2.75) is 408 Å². The highest BCUT2D eigenvalue weighted by atomic mass is 31.2. The molecule has 17 nitrogen and oxygen atoms in total. The average Bonchev–Trinajstić information content (AvgIpc) is 3.00. The highest BCUT2D eigenvalue weighted by molar-refractivity contribution is 7.47. The maximum absolute atomic E-state index is 13.1. The first-order valence-electron chi connectivity index (χ1n) is 39.7. The minimum absolute atomic E-state index is 0.105. The maximum Gasteiger partial charge on any atom is 0.472 e. The number of rotatable bonds is 74. The molecular weight excluding hydrogens is 1260 g/mol. The number of carbonyl (C=O) groups excluding carboxylic acids is 4. The second kappa shape index (κ2) is 66.3. The van der Waals surface area contributed by atoms with Crippen LogP contribution in [0.15, 0.2) is 0 Å². The number of hydrogen-bond acceptors (Lipinski definition) is 15. The quantitative estimate of drug-likeness (QED) is 0.0222. The highest BCUT2D eigenvalue weighted by Crippen LogP contribution is 2.45. The predicted molar refractivity (Wildman–Crippen MR) is 391 cm³/mol. The Labute approximate surface area is 588 Å². The molecule has 0 rings (SSSR count). The van der Waals surface area contributed by atoms with E-state index in [9.17, 15) is 43.2 Å². The molecule has 0 bridgehead atoms. The van der Waals surface area contributed by atoms with Crippen LogP contribution in [0.5, 0.6) is 0 Å². The number of hydrogen-bond donors (Lipinski definition) is 3. The average molecular weight is 1410 g/mol. The molecule has 0 aromatic carbocycles. The van der Waals surface area contributed by atoms with Crippen LogP contribution in [0, 0.1) is 23.7 Å². The van der Waals surface area contributed by atoms with Gasteiger partial charge in [0.2, 0.25) is 0 Å². The number of esters is 4. The summed E-state index contributed by atoms with van der Waals surface area (Å²) in [5.74, 6) is 0.913. The lowest BCUT2D eigenvalue weighted by Gasteiger charge is -2.21. The third-order valence-electron chi connectivity index (χ3n) is 17.8. The van der Waals surface area contributed by atoms with Gasteiger partial charge < -0.3 is 33.8 Å². The van der Waals surface area contributed by atoms with Gasteiger partial charge in [-0.15, -0.1) is 0 Å². The van der Waals surface area contributed by atoms with E-state index in [0.29, 0.717) is 31.6 Å². The molecule has 3 N–H and O–H groups in total. The normalized spacial score (nSPS) is 14.1. The summed E-state index contributed by atoms with van der Waals surface area (Å²) in [7, 11) is -9.91. The van der Waals surface area contributed by atoms with Crippen molar-refractivity contribution >= 4 is 39.5 Å². The van der Waals surface area contributed by atoms with Gasteiger partial charge in [0.05, 0.1) is 26.4 Å². The van der Waals surface area contributed by atoms with Gasteiger partial charge in [-0.3, -0.25) is 37.3 Å². The van der Waals surface area contributed by atoms with Gasteiger partial charge >= 0.3 is 39.5 Å². The van der Waals surface area contributed by atoms with Crippen molar-refractivity contribution in [3.8, 4) is 0 Å². The molecule has 0 fully saturated rings. The first-order chi connectivity index (χ1) is 46.1. The van der Waals surface area contributed by atoms with Crippen molar-refractivity contribution in [2.75, 3.05) is 39.6 Å². The largest absolute Gasteiger partial charge is 0.472 e.